The minimum absolute atomic E-state index is 0.214. The molecule has 1 N–H and O–H groups in total. The minimum atomic E-state index is -0.419. The molecule has 0 aromatic heterocycles. The van der Waals surface area contributed by atoms with E-state index < -0.39 is 5.91 Å². The number of hydrogen-bond donors (Lipinski definition) is 1. The van der Waals surface area contributed by atoms with Crippen LogP contribution in [-0.2, 0) is 9.59 Å². The van der Waals surface area contributed by atoms with Gasteiger partial charge in [-0.2, -0.15) is 0 Å². The number of para-hydroxylation sites is 2. The number of nitrogens with one attached hydrogen (secondary N) is 1. The SMILES string of the molecule is COc1ccccc1NC1=C(c2ccccc2)C(=O)N(c2cccc(Br)c2)C1=O. The minimum Gasteiger partial charge on any atom is -0.495 e. The third-order valence-electron chi connectivity index (χ3n) is 4.58. The van der Waals surface area contributed by atoms with Crippen molar-refractivity contribution >= 4 is 44.7 Å². The fourth-order valence-corrected chi connectivity index (χ4v) is 3.64. The fourth-order valence-electron chi connectivity index (χ4n) is 3.25. The molecule has 1 aliphatic rings. The van der Waals surface area contributed by atoms with Crippen molar-refractivity contribution in [2.45, 2.75) is 0 Å². The largest absolute Gasteiger partial charge is 0.495 e. The number of hydrogen-bond acceptors (Lipinski definition) is 4. The summed E-state index contributed by atoms with van der Waals surface area (Å²) in [6.45, 7) is 0. The molecule has 0 atom stereocenters. The van der Waals surface area contributed by atoms with E-state index in [0.29, 0.717) is 28.3 Å². The van der Waals surface area contributed by atoms with Crippen LogP contribution >= 0.6 is 15.9 Å². The van der Waals surface area contributed by atoms with Gasteiger partial charge in [-0.25, -0.2) is 4.90 Å². The molecule has 4 rings (SSSR count). The smallest absolute Gasteiger partial charge is 0.282 e. The van der Waals surface area contributed by atoms with E-state index in [1.165, 1.54) is 4.90 Å². The first-order valence-electron chi connectivity index (χ1n) is 8.94. The number of benzene rings is 3. The van der Waals surface area contributed by atoms with E-state index in [0.717, 1.165) is 4.47 Å². The molecule has 144 valence electrons. The number of carbonyl (C=O) groups is 2. The van der Waals surface area contributed by atoms with Crippen molar-refractivity contribution in [2.24, 2.45) is 0 Å². The van der Waals surface area contributed by atoms with Crippen LogP contribution in [0.3, 0.4) is 0 Å². The summed E-state index contributed by atoms with van der Waals surface area (Å²) in [5, 5.41) is 3.13. The number of imide groups is 1. The van der Waals surface area contributed by atoms with Crippen molar-refractivity contribution in [2.75, 3.05) is 17.3 Å². The maximum absolute atomic E-state index is 13.3. The van der Waals surface area contributed by atoms with Gasteiger partial charge in [0.25, 0.3) is 11.8 Å². The molecule has 0 saturated heterocycles. The molecule has 0 aliphatic carbocycles. The first-order valence-corrected chi connectivity index (χ1v) is 9.73. The van der Waals surface area contributed by atoms with Gasteiger partial charge in [0.15, 0.2) is 0 Å². The number of anilines is 2. The van der Waals surface area contributed by atoms with Crippen molar-refractivity contribution in [1.29, 1.82) is 0 Å². The summed E-state index contributed by atoms with van der Waals surface area (Å²) in [6, 6.07) is 23.5. The lowest BCUT2D eigenvalue weighted by Crippen LogP contribution is -2.32. The molecule has 1 heterocycles. The number of nitrogens with zero attached hydrogens (tertiary/aromatic N) is 1. The molecule has 0 fully saturated rings. The quantitative estimate of drug-likeness (QED) is 0.566. The van der Waals surface area contributed by atoms with Gasteiger partial charge >= 0.3 is 0 Å². The molecule has 2 amide bonds. The van der Waals surface area contributed by atoms with E-state index in [1.807, 2.05) is 48.5 Å². The monoisotopic (exact) mass is 448 g/mol. The van der Waals surface area contributed by atoms with Crippen molar-refractivity contribution in [3.8, 4) is 5.75 Å². The number of rotatable bonds is 5. The van der Waals surface area contributed by atoms with Crippen molar-refractivity contribution < 1.29 is 14.3 Å². The van der Waals surface area contributed by atoms with Crippen LogP contribution in [0.2, 0.25) is 0 Å². The molecule has 0 unspecified atom stereocenters. The predicted octanol–water partition coefficient (Wildman–Crippen LogP) is 4.85. The Bertz CT molecular complexity index is 1130. The van der Waals surface area contributed by atoms with Crippen molar-refractivity contribution in [3.05, 3.63) is 94.6 Å². The van der Waals surface area contributed by atoms with Crippen molar-refractivity contribution in [3.63, 3.8) is 0 Å². The van der Waals surface area contributed by atoms with Crippen LogP contribution in [0.15, 0.2) is 89.0 Å². The van der Waals surface area contributed by atoms with Crippen LogP contribution in [0.1, 0.15) is 5.56 Å². The van der Waals surface area contributed by atoms with Gasteiger partial charge in [0.2, 0.25) is 0 Å². The Hall–Kier alpha value is -3.38. The second kappa shape index (κ2) is 7.93. The van der Waals surface area contributed by atoms with Crippen LogP contribution in [0.4, 0.5) is 11.4 Å². The molecule has 6 heteroatoms. The van der Waals surface area contributed by atoms with E-state index >= 15 is 0 Å². The Morgan fingerprint density at radius 3 is 2.31 bits per heavy atom. The molecule has 3 aromatic rings. The van der Waals surface area contributed by atoms with Crippen LogP contribution < -0.4 is 15.0 Å². The lowest BCUT2D eigenvalue weighted by molar-refractivity contribution is -0.120. The molecule has 5 nitrogen and oxygen atoms in total. The van der Waals surface area contributed by atoms with Gasteiger partial charge < -0.3 is 10.1 Å². The Kier molecular flexibility index (Phi) is 5.18. The highest BCUT2D eigenvalue weighted by Crippen LogP contribution is 2.36. The summed E-state index contributed by atoms with van der Waals surface area (Å²) in [4.78, 5) is 27.9. The number of carbonyl (C=O) groups excluding carboxylic acids is 2. The highest BCUT2D eigenvalue weighted by atomic mass is 79.9. The van der Waals surface area contributed by atoms with Crippen LogP contribution in [-0.4, -0.2) is 18.9 Å². The van der Waals surface area contributed by atoms with Gasteiger partial charge in [-0.3, -0.25) is 9.59 Å². The number of ether oxygens (including phenoxy) is 1. The Labute approximate surface area is 176 Å². The summed E-state index contributed by atoms with van der Waals surface area (Å²) in [5.74, 6) is -0.219. The average molecular weight is 449 g/mol. The Morgan fingerprint density at radius 1 is 0.862 bits per heavy atom. The number of methoxy groups -OCH3 is 1. The van der Waals surface area contributed by atoms with Crippen LogP contribution in [0.25, 0.3) is 5.57 Å². The molecule has 3 aromatic carbocycles. The van der Waals surface area contributed by atoms with E-state index in [-0.39, 0.29) is 11.6 Å². The highest BCUT2D eigenvalue weighted by Gasteiger charge is 2.40. The summed E-state index contributed by atoms with van der Waals surface area (Å²) in [6.07, 6.45) is 0. The first-order chi connectivity index (χ1) is 14.1. The fraction of sp³-hybridized carbons (Fsp3) is 0.0435. The van der Waals surface area contributed by atoms with E-state index in [4.69, 9.17) is 4.74 Å². The van der Waals surface area contributed by atoms with Gasteiger partial charge in [0.1, 0.15) is 11.4 Å². The lowest BCUT2D eigenvalue weighted by atomic mass is 10.0. The summed E-state index contributed by atoms with van der Waals surface area (Å²) in [7, 11) is 1.56. The second-order valence-electron chi connectivity index (χ2n) is 6.37. The second-order valence-corrected chi connectivity index (χ2v) is 7.28. The third-order valence-corrected chi connectivity index (χ3v) is 5.07. The summed E-state index contributed by atoms with van der Waals surface area (Å²) in [5.41, 5.74) is 2.31. The molecular formula is C23H17BrN2O3. The summed E-state index contributed by atoms with van der Waals surface area (Å²) >= 11 is 3.40. The topological polar surface area (TPSA) is 58.6 Å². The maximum Gasteiger partial charge on any atom is 0.282 e. The number of halogens is 1. The van der Waals surface area contributed by atoms with Crippen molar-refractivity contribution in [1.82, 2.24) is 0 Å². The summed E-state index contributed by atoms with van der Waals surface area (Å²) < 4.78 is 6.17. The number of amides is 2. The molecule has 29 heavy (non-hydrogen) atoms. The highest BCUT2D eigenvalue weighted by molar-refractivity contribution is 9.10. The zero-order valence-corrected chi connectivity index (χ0v) is 17.1. The Morgan fingerprint density at radius 2 is 1.59 bits per heavy atom. The first kappa shape index (κ1) is 19.0. The molecule has 0 bridgehead atoms. The van der Waals surface area contributed by atoms with E-state index in [9.17, 15) is 9.59 Å². The lowest BCUT2D eigenvalue weighted by Gasteiger charge is -2.16. The molecular weight excluding hydrogens is 432 g/mol. The van der Waals surface area contributed by atoms with Gasteiger partial charge in [0.05, 0.1) is 24.1 Å². The molecule has 0 spiro atoms. The molecule has 0 saturated carbocycles. The van der Waals surface area contributed by atoms with Crippen LogP contribution in [0, 0.1) is 0 Å². The molecule has 0 radical (unpaired) electrons. The van der Waals surface area contributed by atoms with E-state index in [1.54, 1.807) is 37.4 Å². The van der Waals surface area contributed by atoms with Gasteiger partial charge in [-0.15, -0.1) is 0 Å². The van der Waals surface area contributed by atoms with E-state index in [2.05, 4.69) is 21.2 Å². The van der Waals surface area contributed by atoms with Gasteiger partial charge in [0, 0.05) is 4.47 Å². The maximum atomic E-state index is 13.3. The van der Waals surface area contributed by atoms with Gasteiger partial charge in [-0.1, -0.05) is 64.5 Å². The normalized spacial score (nSPS) is 13.8. The van der Waals surface area contributed by atoms with Gasteiger partial charge in [-0.05, 0) is 35.9 Å². The predicted molar refractivity (Wildman–Crippen MR) is 117 cm³/mol. The Balaban J connectivity index is 1.84. The van der Waals surface area contributed by atoms with Crippen LogP contribution in [0.5, 0.6) is 5.75 Å². The zero-order chi connectivity index (χ0) is 20.4. The average Bonchev–Trinajstić information content (AvgIpc) is 2.98. The zero-order valence-electron chi connectivity index (χ0n) is 15.6. The third kappa shape index (κ3) is 3.54. The molecule has 1 aliphatic heterocycles. The standard InChI is InChI=1S/C23H17BrN2O3/c1-29-19-13-6-5-12-18(19)25-21-20(15-8-3-2-4-9-15)22(27)26(23(21)28)17-11-7-10-16(24)14-17/h2-14,25H,1H3.